The molecule has 0 radical (unpaired) electrons. The molecule has 1 heterocycles. The second kappa shape index (κ2) is 11.1. The summed E-state index contributed by atoms with van der Waals surface area (Å²) in [6.07, 6.45) is -3.87. The lowest BCUT2D eigenvalue weighted by atomic mass is 10.1. The Morgan fingerprint density at radius 2 is 1.76 bits per heavy atom. The van der Waals surface area contributed by atoms with Crippen molar-refractivity contribution in [1.29, 1.82) is 0 Å². The van der Waals surface area contributed by atoms with E-state index in [1.807, 2.05) is 0 Å². The molecule has 0 amide bonds. The van der Waals surface area contributed by atoms with Crippen LogP contribution in [0.4, 0.5) is 18.9 Å². The minimum Gasteiger partial charge on any atom is -0.363 e. The van der Waals surface area contributed by atoms with Gasteiger partial charge in [0.2, 0.25) is 5.78 Å². The number of benzene rings is 2. The molecule has 1 atom stereocenters. The smallest absolute Gasteiger partial charge is 0.363 e. The molecule has 37 heavy (non-hydrogen) atoms. The zero-order valence-electron chi connectivity index (χ0n) is 19.5. The molecule has 0 spiro atoms. The van der Waals surface area contributed by atoms with Gasteiger partial charge in [-0.1, -0.05) is 35.3 Å². The molecule has 0 bridgehead atoms. The van der Waals surface area contributed by atoms with E-state index in [4.69, 9.17) is 27.9 Å². The fourth-order valence-electron chi connectivity index (χ4n) is 3.32. The number of carbonyl (C=O) groups is 1. The molecule has 7 nitrogen and oxygen atoms in total. The third-order valence-corrected chi connectivity index (χ3v) is 8.26. The standard InChI is InChI=1S/C23H19Cl2F3N2O5S2/c1-13-18(25)11-19(21(29-13)22(31)15-6-4-5-7-20(15)37(3,33)34)30(12-35-2)36(32)14-8-9-17(24)16(10-14)23(26,27)28/h4-11H,12H2,1-3H3. The number of hydrogen-bond acceptors (Lipinski definition) is 6. The number of rotatable bonds is 8. The van der Waals surface area contributed by atoms with Crippen molar-refractivity contribution in [3.05, 3.63) is 81.1 Å². The summed E-state index contributed by atoms with van der Waals surface area (Å²) in [6, 6.07) is 9.43. The van der Waals surface area contributed by atoms with Gasteiger partial charge in [0.05, 0.1) is 36.8 Å². The monoisotopic (exact) mass is 594 g/mol. The average Bonchev–Trinajstić information content (AvgIpc) is 2.82. The number of alkyl halides is 3. The van der Waals surface area contributed by atoms with Gasteiger partial charge in [0, 0.05) is 18.9 Å². The number of pyridine rings is 1. The number of aryl methyl sites for hydroxylation is 1. The van der Waals surface area contributed by atoms with Crippen LogP contribution in [0.1, 0.15) is 27.3 Å². The molecule has 1 unspecified atom stereocenters. The molecule has 0 N–H and O–H groups in total. The van der Waals surface area contributed by atoms with Crippen LogP contribution in [-0.4, -0.2) is 43.5 Å². The van der Waals surface area contributed by atoms with Gasteiger partial charge in [0.1, 0.15) is 12.4 Å². The lowest BCUT2D eigenvalue weighted by molar-refractivity contribution is -0.137. The van der Waals surface area contributed by atoms with E-state index in [0.29, 0.717) is 6.07 Å². The number of sulfone groups is 1. The van der Waals surface area contributed by atoms with Gasteiger partial charge in [-0.3, -0.25) is 9.10 Å². The Hall–Kier alpha value is -2.51. The second-order valence-electron chi connectivity index (χ2n) is 7.71. The SMILES string of the molecule is COCN(c1cc(Cl)c(C)nc1C(=O)c1ccccc1S(C)(=O)=O)S(=O)c1ccc(Cl)c(C(F)(F)F)c1. The van der Waals surface area contributed by atoms with Crippen molar-refractivity contribution >= 4 is 55.5 Å². The number of nitrogens with zero attached hydrogens (tertiary/aromatic N) is 2. The van der Waals surface area contributed by atoms with Gasteiger partial charge in [0.25, 0.3) is 0 Å². The highest BCUT2D eigenvalue weighted by molar-refractivity contribution is 7.90. The first-order valence-electron chi connectivity index (χ1n) is 10.2. The molecule has 1 aromatic heterocycles. The fraction of sp³-hybridized carbons (Fsp3) is 0.217. The minimum absolute atomic E-state index is 0.0631. The minimum atomic E-state index is -4.81. The molecule has 0 aliphatic carbocycles. The molecule has 0 aliphatic rings. The Balaban J connectivity index is 2.23. The first-order valence-corrected chi connectivity index (χ1v) is 14.0. The highest BCUT2D eigenvalue weighted by Gasteiger charge is 2.35. The van der Waals surface area contributed by atoms with Crippen molar-refractivity contribution in [2.45, 2.75) is 22.9 Å². The molecule has 3 aromatic rings. The van der Waals surface area contributed by atoms with Crippen LogP contribution in [0.5, 0.6) is 0 Å². The van der Waals surface area contributed by atoms with Gasteiger partial charge < -0.3 is 4.74 Å². The lowest BCUT2D eigenvalue weighted by Gasteiger charge is -2.25. The lowest BCUT2D eigenvalue weighted by Crippen LogP contribution is -2.30. The van der Waals surface area contributed by atoms with E-state index in [9.17, 15) is 30.6 Å². The van der Waals surface area contributed by atoms with Crippen molar-refractivity contribution in [3.8, 4) is 0 Å². The Labute approximate surface area is 223 Å². The Bertz CT molecular complexity index is 1500. The largest absolute Gasteiger partial charge is 0.417 e. The van der Waals surface area contributed by atoms with Crippen molar-refractivity contribution in [2.75, 3.05) is 24.4 Å². The van der Waals surface area contributed by atoms with Gasteiger partial charge in [0.15, 0.2) is 20.8 Å². The van der Waals surface area contributed by atoms with Gasteiger partial charge in [-0.15, -0.1) is 0 Å². The fourth-order valence-corrected chi connectivity index (χ4v) is 5.75. The summed E-state index contributed by atoms with van der Waals surface area (Å²) in [5.41, 5.74) is -1.66. The number of ether oxygens (including phenoxy) is 1. The van der Waals surface area contributed by atoms with E-state index < -0.39 is 50.1 Å². The zero-order chi connectivity index (χ0) is 27.7. The predicted molar refractivity (Wildman–Crippen MR) is 134 cm³/mol. The van der Waals surface area contributed by atoms with Crippen LogP contribution in [0.3, 0.4) is 0 Å². The van der Waals surface area contributed by atoms with E-state index in [-0.39, 0.29) is 37.5 Å². The maximum absolute atomic E-state index is 13.6. The Morgan fingerprint density at radius 1 is 1.11 bits per heavy atom. The van der Waals surface area contributed by atoms with Crippen LogP contribution in [0.2, 0.25) is 10.0 Å². The molecule has 2 aromatic carbocycles. The molecular weight excluding hydrogens is 576 g/mol. The summed E-state index contributed by atoms with van der Waals surface area (Å²) < 4.78 is 84.4. The van der Waals surface area contributed by atoms with Gasteiger partial charge in [-0.25, -0.2) is 17.6 Å². The zero-order valence-corrected chi connectivity index (χ0v) is 22.6. The van der Waals surface area contributed by atoms with Crippen LogP contribution >= 0.6 is 23.2 Å². The second-order valence-corrected chi connectivity index (χ2v) is 11.9. The van der Waals surface area contributed by atoms with E-state index in [1.54, 1.807) is 0 Å². The number of carbonyl (C=O) groups excluding carboxylic acids is 1. The molecular formula is C23H19Cl2F3N2O5S2. The van der Waals surface area contributed by atoms with Crippen LogP contribution < -0.4 is 4.31 Å². The first-order chi connectivity index (χ1) is 17.2. The van der Waals surface area contributed by atoms with Crippen LogP contribution in [0.15, 0.2) is 58.3 Å². The number of hydrogen-bond donors (Lipinski definition) is 0. The molecule has 14 heteroatoms. The van der Waals surface area contributed by atoms with Gasteiger partial charge >= 0.3 is 6.18 Å². The molecule has 0 fully saturated rings. The summed E-state index contributed by atoms with van der Waals surface area (Å²) in [5.74, 6) is -0.832. The number of anilines is 1. The quantitative estimate of drug-likeness (QED) is 0.253. The Morgan fingerprint density at radius 3 is 2.35 bits per heavy atom. The summed E-state index contributed by atoms with van der Waals surface area (Å²) in [4.78, 5) is 17.3. The maximum atomic E-state index is 13.6. The summed E-state index contributed by atoms with van der Waals surface area (Å²) in [5, 5.41) is -0.520. The highest BCUT2D eigenvalue weighted by Crippen LogP contribution is 2.37. The molecule has 0 saturated heterocycles. The van der Waals surface area contributed by atoms with E-state index in [0.717, 1.165) is 22.7 Å². The maximum Gasteiger partial charge on any atom is 0.417 e. The number of halogens is 5. The van der Waals surface area contributed by atoms with Crippen molar-refractivity contribution < 1.29 is 35.3 Å². The number of methoxy groups -OCH3 is 1. The van der Waals surface area contributed by atoms with Crippen molar-refractivity contribution in [3.63, 3.8) is 0 Å². The van der Waals surface area contributed by atoms with E-state index in [2.05, 4.69) is 4.98 Å². The molecule has 0 saturated carbocycles. The highest BCUT2D eigenvalue weighted by atomic mass is 35.5. The Kier molecular flexibility index (Phi) is 8.70. The normalized spacial score (nSPS) is 12.9. The third kappa shape index (κ3) is 6.32. The first kappa shape index (κ1) is 29.1. The van der Waals surface area contributed by atoms with E-state index in [1.165, 1.54) is 44.4 Å². The van der Waals surface area contributed by atoms with Gasteiger partial charge in [-0.05, 0) is 43.3 Å². The van der Waals surface area contributed by atoms with Crippen LogP contribution in [-0.2, 0) is 31.7 Å². The van der Waals surface area contributed by atoms with E-state index >= 15 is 0 Å². The summed E-state index contributed by atoms with van der Waals surface area (Å²) in [6.45, 7) is 1.05. The summed E-state index contributed by atoms with van der Waals surface area (Å²) in [7, 11) is -4.94. The third-order valence-electron chi connectivity index (χ3n) is 5.04. The van der Waals surface area contributed by atoms with Crippen molar-refractivity contribution in [1.82, 2.24) is 4.98 Å². The van der Waals surface area contributed by atoms with Crippen LogP contribution in [0, 0.1) is 6.92 Å². The number of aromatic nitrogens is 1. The van der Waals surface area contributed by atoms with Gasteiger partial charge in [-0.2, -0.15) is 13.2 Å². The number of ketones is 1. The van der Waals surface area contributed by atoms with Crippen molar-refractivity contribution in [2.24, 2.45) is 0 Å². The summed E-state index contributed by atoms with van der Waals surface area (Å²) >= 11 is 11.9. The molecule has 0 aliphatic heterocycles. The molecule has 198 valence electrons. The topological polar surface area (TPSA) is 93.6 Å². The van der Waals surface area contributed by atoms with Crippen LogP contribution in [0.25, 0.3) is 0 Å². The average molecular weight is 595 g/mol. The molecule has 3 rings (SSSR count). The predicted octanol–water partition coefficient (Wildman–Crippen LogP) is 5.48.